The molecule has 0 radical (unpaired) electrons. The van der Waals surface area contributed by atoms with Gasteiger partial charge in [0.05, 0.1) is 18.8 Å². The van der Waals surface area contributed by atoms with Crippen LogP contribution >= 0.6 is 0 Å². The number of nitrogens with one attached hydrogen (secondary N) is 1. The average Bonchev–Trinajstić information content (AvgIpc) is 3.01. The van der Waals surface area contributed by atoms with Crippen molar-refractivity contribution in [2.24, 2.45) is 5.41 Å². The third kappa shape index (κ3) is 2.95. The molecule has 1 N–H and O–H groups in total. The first-order chi connectivity index (χ1) is 12.2. The number of carbonyl (C=O) groups is 1. The van der Waals surface area contributed by atoms with Gasteiger partial charge < -0.3 is 10.1 Å². The molecule has 2 saturated carbocycles. The zero-order valence-electron chi connectivity index (χ0n) is 14.5. The van der Waals surface area contributed by atoms with Gasteiger partial charge in [0.15, 0.2) is 5.69 Å². The number of amides is 1. The van der Waals surface area contributed by atoms with E-state index in [0.717, 1.165) is 31.4 Å². The Morgan fingerprint density at radius 1 is 1.36 bits per heavy atom. The molecule has 0 aliphatic heterocycles. The summed E-state index contributed by atoms with van der Waals surface area (Å²) >= 11 is 0. The van der Waals surface area contributed by atoms with Crippen molar-refractivity contribution in [2.45, 2.75) is 51.3 Å². The first kappa shape index (κ1) is 16.3. The summed E-state index contributed by atoms with van der Waals surface area (Å²) in [5.41, 5.74) is 1.67. The van der Waals surface area contributed by atoms with E-state index in [-0.39, 0.29) is 17.4 Å². The molecule has 1 aromatic carbocycles. The lowest BCUT2D eigenvalue weighted by Crippen LogP contribution is -2.67. The minimum absolute atomic E-state index is 0.134. The second-order valence-corrected chi connectivity index (χ2v) is 7.08. The van der Waals surface area contributed by atoms with E-state index in [2.05, 4.69) is 15.6 Å². The van der Waals surface area contributed by atoms with Crippen molar-refractivity contribution in [2.75, 3.05) is 6.61 Å². The quantitative estimate of drug-likeness (QED) is 0.877. The monoisotopic (exact) mass is 340 g/mol. The molecule has 1 amide bonds. The molecule has 1 aromatic heterocycles. The molecule has 2 aliphatic rings. The minimum atomic E-state index is -0.134. The van der Waals surface area contributed by atoms with Gasteiger partial charge in [-0.25, -0.2) is 4.68 Å². The van der Waals surface area contributed by atoms with Crippen molar-refractivity contribution in [3.05, 3.63) is 47.8 Å². The molecule has 1 heterocycles. The highest BCUT2D eigenvalue weighted by atomic mass is 16.5. The largest absolute Gasteiger partial charge is 0.378 e. The van der Waals surface area contributed by atoms with Crippen molar-refractivity contribution in [1.82, 2.24) is 20.3 Å². The van der Waals surface area contributed by atoms with Gasteiger partial charge in [-0.05, 0) is 31.7 Å². The van der Waals surface area contributed by atoms with E-state index in [4.69, 9.17) is 4.74 Å². The molecule has 0 bridgehead atoms. The van der Waals surface area contributed by atoms with E-state index in [1.165, 1.54) is 6.42 Å². The summed E-state index contributed by atoms with van der Waals surface area (Å²) in [6, 6.07) is 10.2. The van der Waals surface area contributed by atoms with E-state index in [9.17, 15) is 4.79 Å². The topological polar surface area (TPSA) is 69.0 Å². The highest BCUT2D eigenvalue weighted by molar-refractivity contribution is 5.92. The van der Waals surface area contributed by atoms with Gasteiger partial charge in [0.1, 0.15) is 0 Å². The van der Waals surface area contributed by atoms with Crippen molar-refractivity contribution in [1.29, 1.82) is 0 Å². The van der Waals surface area contributed by atoms with Crippen LogP contribution in [0.2, 0.25) is 0 Å². The van der Waals surface area contributed by atoms with Gasteiger partial charge in [-0.15, -0.1) is 5.10 Å². The van der Waals surface area contributed by atoms with Gasteiger partial charge in [0.2, 0.25) is 0 Å². The van der Waals surface area contributed by atoms with Crippen LogP contribution in [0.1, 0.15) is 48.7 Å². The smallest absolute Gasteiger partial charge is 0.273 e. The fraction of sp³-hybridized carbons (Fsp3) is 0.526. The zero-order valence-corrected chi connectivity index (χ0v) is 14.5. The molecular weight excluding hydrogens is 316 g/mol. The van der Waals surface area contributed by atoms with E-state index in [0.29, 0.717) is 18.3 Å². The number of carbonyl (C=O) groups excluding carboxylic acids is 1. The van der Waals surface area contributed by atoms with E-state index in [1.807, 2.05) is 37.3 Å². The number of hydrogen-bond acceptors (Lipinski definition) is 4. The maximum atomic E-state index is 12.5. The summed E-state index contributed by atoms with van der Waals surface area (Å²) in [5, 5.41) is 11.3. The van der Waals surface area contributed by atoms with Gasteiger partial charge in [-0.3, -0.25) is 4.79 Å². The molecule has 25 heavy (non-hydrogen) atoms. The Bertz CT molecular complexity index is 739. The molecule has 2 fully saturated rings. The maximum absolute atomic E-state index is 12.5. The molecular formula is C19H24N4O2. The summed E-state index contributed by atoms with van der Waals surface area (Å²) in [5.74, 6) is -0.134. The fourth-order valence-corrected chi connectivity index (χ4v) is 4.12. The molecule has 2 atom stereocenters. The standard InChI is InChI=1S/C19H24N4O2/c1-2-25-17-11-16(19(17)9-6-10-19)20-18(24)15-13-23(22-21-15)12-14-7-4-3-5-8-14/h3-5,7-8,13,16-17H,2,6,9-12H2,1H3,(H,20,24). The number of nitrogens with zero attached hydrogens (tertiary/aromatic N) is 3. The molecule has 132 valence electrons. The lowest BCUT2D eigenvalue weighted by atomic mass is 9.51. The van der Waals surface area contributed by atoms with Gasteiger partial charge in [0.25, 0.3) is 5.91 Å². The lowest BCUT2D eigenvalue weighted by molar-refractivity contribution is -0.169. The van der Waals surface area contributed by atoms with Gasteiger partial charge in [-0.2, -0.15) is 0 Å². The fourth-order valence-electron chi connectivity index (χ4n) is 4.12. The Morgan fingerprint density at radius 2 is 2.16 bits per heavy atom. The van der Waals surface area contributed by atoms with Crippen LogP contribution in [0, 0.1) is 5.41 Å². The summed E-state index contributed by atoms with van der Waals surface area (Å²) in [6.07, 6.45) is 6.42. The SMILES string of the molecule is CCOC1CC(NC(=O)c2cn(Cc3ccccc3)nn2)C12CCC2. The third-order valence-electron chi connectivity index (χ3n) is 5.70. The van der Waals surface area contributed by atoms with Crippen molar-refractivity contribution in [3.63, 3.8) is 0 Å². The summed E-state index contributed by atoms with van der Waals surface area (Å²) < 4.78 is 7.54. The predicted molar refractivity (Wildman–Crippen MR) is 93.1 cm³/mol. The van der Waals surface area contributed by atoms with Crippen LogP contribution < -0.4 is 5.32 Å². The van der Waals surface area contributed by atoms with Crippen molar-refractivity contribution in [3.8, 4) is 0 Å². The Morgan fingerprint density at radius 3 is 2.84 bits per heavy atom. The molecule has 2 unspecified atom stereocenters. The van der Waals surface area contributed by atoms with Crippen molar-refractivity contribution >= 4 is 5.91 Å². The number of benzene rings is 1. The number of ether oxygens (including phenoxy) is 1. The van der Waals surface area contributed by atoms with Crippen LogP contribution in [-0.2, 0) is 11.3 Å². The second kappa shape index (κ2) is 6.59. The first-order valence-corrected chi connectivity index (χ1v) is 9.08. The van der Waals surface area contributed by atoms with E-state index in [1.54, 1.807) is 10.9 Å². The first-order valence-electron chi connectivity index (χ1n) is 9.08. The normalized spacial score (nSPS) is 23.7. The van der Waals surface area contributed by atoms with Crippen molar-refractivity contribution < 1.29 is 9.53 Å². The third-order valence-corrected chi connectivity index (χ3v) is 5.70. The van der Waals surface area contributed by atoms with Gasteiger partial charge >= 0.3 is 0 Å². The highest BCUT2D eigenvalue weighted by Gasteiger charge is 2.59. The predicted octanol–water partition coefficient (Wildman–Crippen LogP) is 2.40. The maximum Gasteiger partial charge on any atom is 0.273 e. The van der Waals surface area contributed by atoms with Crippen LogP contribution in [0.4, 0.5) is 0 Å². The molecule has 2 aliphatic carbocycles. The molecule has 6 heteroatoms. The summed E-state index contributed by atoms with van der Waals surface area (Å²) in [4.78, 5) is 12.5. The number of hydrogen-bond donors (Lipinski definition) is 1. The van der Waals surface area contributed by atoms with Crippen LogP contribution in [0.15, 0.2) is 36.5 Å². The lowest BCUT2D eigenvalue weighted by Gasteiger charge is -2.60. The Balaban J connectivity index is 1.38. The summed E-state index contributed by atoms with van der Waals surface area (Å²) in [7, 11) is 0. The number of rotatable bonds is 6. The van der Waals surface area contributed by atoms with Crippen LogP contribution in [0.3, 0.4) is 0 Å². The van der Waals surface area contributed by atoms with E-state index >= 15 is 0 Å². The van der Waals surface area contributed by atoms with Gasteiger partial charge in [-0.1, -0.05) is 42.0 Å². The highest BCUT2D eigenvalue weighted by Crippen LogP contribution is 2.57. The molecule has 4 rings (SSSR count). The summed E-state index contributed by atoms with van der Waals surface area (Å²) in [6.45, 7) is 3.38. The van der Waals surface area contributed by atoms with E-state index < -0.39 is 0 Å². The molecule has 2 aromatic rings. The van der Waals surface area contributed by atoms with Crippen LogP contribution in [0.25, 0.3) is 0 Å². The molecule has 0 saturated heterocycles. The Hall–Kier alpha value is -2.21. The number of aromatic nitrogens is 3. The second-order valence-electron chi connectivity index (χ2n) is 7.08. The minimum Gasteiger partial charge on any atom is -0.378 e. The Labute approximate surface area is 147 Å². The van der Waals surface area contributed by atoms with Gasteiger partial charge in [0, 0.05) is 18.1 Å². The van der Waals surface area contributed by atoms with Crippen LogP contribution in [-0.4, -0.2) is 39.7 Å². The molecule has 1 spiro atoms. The van der Waals surface area contributed by atoms with Crippen LogP contribution in [0.5, 0.6) is 0 Å². The zero-order chi connectivity index (χ0) is 17.3. The molecule has 6 nitrogen and oxygen atoms in total. The average molecular weight is 340 g/mol. The Kier molecular flexibility index (Phi) is 4.29.